The summed E-state index contributed by atoms with van der Waals surface area (Å²) in [5.41, 5.74) is 13.7. The lowest BCUT2D eigenvalue weighted by Gasteiger charge is -2.15. The molecule has 0 fully saturated rings. The predicted octanol–water partition coefficient (Wildman–Crippen LogP) is 3.53. The molecule has 1 aromatic rings. The summed E-state index contributed by atoms with van der Waals surface area (Å²) in [4.78, 5) is 12.1. The first kappa shape index (κ1) is 16.3. The molecule has 4 nitrogen and oxygen atoms in total. The van der Waals surface area contributed by atoms with Crippen molar-refractivity contribution in [3.05, 3.63) is 23.3 Å². The van der Waals surface area contributed by atoms with Gasteiger partial charge in [-0.15, -0.1) is 0 Å². The number of hydrogen-bond acceptors (Lipinski definition) is 4. The van der Waals surface area contributed by atoms with Gasteiger partial charge < -0.3 is 16.2 Å². The van der Waals surface area contributed by atoms with Gasteiger partial charge in [0.05, 0.1) is 23.5 Å². The molecule has 0 aliphatic carbocycles. The smallest absolute Gasteiger partial charge is 0.340 e. The van der Waals surface area contributed by atoms with E-state index >= 15 is 0 Å². The second kappa shape index (κ2) is 7.78. The molecule has 1 atom stereocenters. The van der Waals surface area contributed by atoms with Crippen LogP contribution in [0.5, 0.6) is 0 Å². The lowest BCUT2D eigenvalue weighted by atomic mass is 10.0. The average molecular weight is 278 g/mol. The predicted molar refractivity (Wildman–Crippen MR) is 83.6 cm³/mol. The molecule has 0 spiro atoms. The van der Waals surface area contributed by atoms with Crippen molar-refractivity contribution >= 4 is 17.3 Å². The number of esters is 1. The third-order valence-electron chi connectivity index (χ3n) is 3.72. The summed E-state index contributed by atoms with van der Waals surface area (Å²) in [5, 5.41) is 0. The highest BCUT2D eigenvalue weighted by Gasteiger charge is 2.16. The van der Waals surface area contributed by atoms with E-state index in [1.807, 2.05) is 6.92 Å². The first-order valence-electron chi connectivity index (χ1n) is 7.32. The number of nitrogen functional groups attached to an aromatic ring is 2. The number of benzene rings is 1. The highest BCUT2D eigenvalue weighted by atomic mass is 16.5. The molecule has 4 N–H and O–H groups in total. The first-order valence-corrected chi connectivity index (χ1v) is 7.32. The maximum Gasteiger partial charge on any atom is 0.340 e. The van der Waals surface area contributed by atoms with Crippen molar-refractivity contribution in [2.24, 2.45) is 5.92 Å². The summed E-state index contributed by atoms with van der Waals surface area (Å²) in [6, 6.07) is 3.47. The maximum atomic E-state index is 12.1. The number of aryl methyl sites for hydroxylation is 1. The molecule has 0 aromatic heterocycles. The Bertz CT molecular complexity index is 458. The Morgan fingerprint density at radius 2 is 1.95 bits per heavy atom. The van der Waals surface area contributed by atoms with E-state index in [0.29, 0.717) is 29.5 Å². The molecule has 112 valence electrons. The summed E-state index contributed by atoms with van der Waals surface area (Å²) in [6.45, 7) is 6.59. The molecule has 0 radical (unpaired) electrons. The van der Waals surface area contributed by atoms with Crippen LogP contribution >= 0.6 is 0 Å². The summed E-state index contributed by atoms with van der Waals surface area (Å²) < 4.78 is 5.38. The largest absolute Gasteiger partial charge is 0.462 e. The quantitative estimate of drug-likeness (QED) is 0.590. The molecule has 1 rings (SSSR count). The minimum Gasteiger partial charge on any atom is -0.462 e. The fourth-order valence-electron chi connectivity index (χ4n) is 2.09. The fraction of sp³-hybridized carbons (Fsp3) is 0.562. The van der Waals surface area contributed by atoms with Crippen molar-refractivity contribution in [2.75, 3.05) is 18.1 Å². The van der Waals surface area contributed by atoms with Crippen LogP contribution in [0.15, 0.2) is 12.1 Å². The number of anilines is 2. The number of unbranched alkanes of at least 4 members (excludes halogenated alkanes) is 1. The molecule has 0 bridgehead atoms. The van der Waals surface area contributed by atoms with E-state index in [9.17, 15) is 4.79 Å². The van der Waals surface area contributed by atoms with Crippen molar-refractivity contribution in [1.82, 2.24) is 0 Å². The molecular weight excluding hydrogens is 252 g/mol. The van der Waals surface area contributed by atoms with Gasteiger partial charge in [0, 0.05) is 0 Å². The van der Waals surface area contributed by atoms with Gasteiger partial charge in [-0.2, -0.15) is 0 Å². The van der Waals surface area contributed by atoms with Gasteiger partial charge in [0.25, 0.3) is 0 Å². The fourth-order valence-corrected chi connectivity index (χ4v) is 2.09. The molecule has 0 saturated carbocycles. The Kier molecular flexibility index (Phi) is 6.36. The third kappa shape index (κ3) is 4.15. The van der Waals surface area contributed by atoms with E-state index < -0.39 is 0 Å². The Balaban J connectivity index is 2.65. The Hall–Kier alpha value is -1.71. The summed E-state index contributed by atoms with van der Waals surface area (Å²) >= 11 is 0. The van der Waals surface area contributed by atoms with E-state index in [1.165, 1.54) is 0 Å². The monoisotopic (exact) mass is 278 g/mol. The third-order valence-corrected chi connectivity index (χ3v) is 3.72. The van der Waals surface area contributed by atoms with E-state index in [1.54, 1.807) is 12.1 Å². The number of nitrogens with two attached hydrogens (primary N) is 2. The van der Waals surface area contributed by atoms with Crippen LogP contribution in [0.1, 0.15) is 55.5 Å². The SMILES string of the molecule is CCCCC(CC)COC(=O)c1ccc(C)c(N)c1N. The molecular formula is C16H26N2O2. The standard InChI is InChI=1S/C16H26N2O2/c1-4-6-7-12(5-2)10-20-16(19)13-9-8-11(3)14(17)15(13)18/h8-9,12H,4-7,10,17-18H2,1-3H3. The van der Waals surface area contributed by atoms with Gasteiger partial charge in [0.1, 0.15) is 0 Å². The number of hydrogen-bond donors (Lipinski definition) is 2. The van der Waals surface area contributed by atoms with Crippen molar-refractivity contribution in [1.29, 1.82) is 0 Å². The van der Waals surface area contributed by atoms with Crippen LogP contribution < -0.4 is 11.5 Å². The summed E-state index contributed by atoms with van der Waals surface area (Å²) in [5.74, 6) is 0.0343. The van der Waals surface area contributed by atoms with E-state index in [0.717, 1.165) is 31.2 Å². The van der Waals surface area contributed by atoms with Gasteiger partial charge in [0.2, 0.25) is 0 Å². The highest BCUT2D eigenvalue weighted by Crippen LogP contribution is 2.24. The molecule has 20 heavy (non-hydrogen) atoms. The van der Waals surface area contributed by atoms with Crippen LogP contribution in [0.2, 0.25) is 0 Å². The Labute approximate surface area is 121 Å². The number of ether oxygens (including phenoxy) is 1. The van der Waals surface area contributed by atoms with Crippen LogP contribution in [0.4, 0.5) is 11.4 Å². The highest BCUT2D eigenvalue weighted by molar-refractivity contribution is 5.98. The Morgan fingerprint density at radius 3 is 2.55 bits per heavy atom. The lowest BCUT2D eigenvalue weighted by molar-refractivity contribution is 0.0429. The second-order valence-corrected chi connectivity index (χ2v) is 5.27. The molecule has 0 amide bonds. The molecule has 1 aromatic carbocycles. The van der Waals surface area contributed by atoms with E-state index in [-0.39, 0.29) is 5.97 Å². The summed E-state index contributed by atoms with van der Waals surface area (Å²) in [6.07, 6.45) is 4.42. The van der Waals surface area contributed by atoms with Crippen LogP contribution in [-0.4, -0.2) is 12.6 Å². The topological polar surface area (TPSA) is 78.3 Å². The minimum atomic E-state index is -0.385. The van der Waals surface area contributed by atoms with Crippen LogP contribution in [-0.2, 0) is 4.74 Å². The van der Waals surface area contributed by atoms with E-state index in [4.69, 9.17) is 16.2 Å². The van der Waals surface area contributed by atoms with Crippen molar-refractivity contribution in [3.8, 4) is 0 Å². The van der Waals surface area contributed by atoms with E-state index in [2.05, 4.69) is 13.8 Å². The second-order valence-electron chi connectivity index (χ2n) is 5.27. The van der Waals surface area contributed by atoms with Gasteiger partial charge in [-0.05, 0) is 30.9 Å². The van der Waals surface area contributed by atoms with Crippen molar-refractivity contribution in [2.45, 2.75) is 46.5 Å². The van der Waals surface area contributed by atoms with Crippen LogP contribution in [0.3, 0.4) is 0 Å². The summed E-state index contributed by atoms with van der Waals surface area (Å²) in [7, 11) is 0. The van der Waals surface area contributed by atoms with Gasteiger partial charge >= 0.3 is 5.97 Å². The zero-order valence-electron chi connectivity index (χ0n) is 12.7. The van der Waals surface area contributed by atoms with Crippen LogP contribution in [0.25, 0.3) is 0 Å². The number of rotatable bonds is 7. The van der Waals surface area contributed by atoms with Crippen molar-refractivity contribution in [3.63, 3.8) is 0 Å². The van der Waals surface area contributed by atoms with Gasteiger partial charge in [-0.3, -0.25) is 0 Å². The molecule has 0 heterocycles. The minimum absolute atomic E-state index is 0.316. The normalized spacial score (nSPS) is 12.2. The molecule has 1 unspecified atom stereocenters. The zero-order chi connectivity index (χ0) is 15.1. The molecule has 0 aliphatic heterocycles. The van der Waals surface area contributed by atoms with Crippen molar-refractivity contribution < 1.29 is 9.53 Å². The van der Waals surface area contributed by atoms with Gasteiger partial charge in [-0.25, -0.2) is 4.79 Å². The van der Waals surface area contributed by atoms with Crippen LogP contribution in [0, 0.1) is 12.8 Å². The Morgan fingerprint density at radius 1 is 1.25 bits per heavy atom. The number of carbonyl (C=O) groups is 1. The van der Waals surface area contributed by atoms with Gasteiger partial charge in [-0.1, -0.05) is 39.2 Å². The zero-order valence-corrected chi connectivity index (χ0v) is 12.7. The molecule has 4 heteroatoms. The molecule has 0 saturated heterocycles. The van der Waals surface area contributed by atoms with Gasteiger partial charge in [0.15, 0.2) is 0 Å². The maximum absolute atomic E-state index is 12.1. The number of carbonyl (C=O) groups excluding carboxylic acids is 1. The lowest BCUT2D eigenvalue weighted by Crippen LogP contribution is -2.16. The first-order chi connectivity index (χ1) is 9.51. The molecule has 0 aliphatic rings. The average Bonchev–Trinajstić information content (AvgIpc) is 2.45.